The van der Waals surface area contributed by atoms with Gasteiger partial charge < -0.3 is 34.6 Å². The van der Waals surface area contributed by atoms with Crippen LogP contribution in [0, 0.1) is 0 Å². The van der Waals surface area contributed by atoms with E-state index in [4.69, 9.17) is 36.7 Å². The predicted octanol–water partition coefficient (Wildman–Crippen LogP) is 13.9. The topological polar surface area (TPSA) is 388 Å². The molecule has 29 nitrogen and oxygen atoms in total. The van der Waals surface area contributed by atoms with E-state index >= 15 is 0 Å². The molecule has 2 unspecified atom stereocenters. The summed E-state index contributed by atoms with van der Waals surface area (Å²) in [5.41, 5.74) is 0. The molecule has 4 N–H and O–H groups in total. The number of ether oxygens (including phenoxy) is 3. The van der Waals surface area contributed by atoms with Crippen molar-refractivity contribution in [2.75, 3.05) is 232 Å². The molecule has 0 aromatic carbocycles. The van der Waals surface area contributed by atoms with Crippen LogP contribution in [0.5, 0.6) is 0 Å². The third-order valence-corrected chi connectivity index (χ3v) is 33.4. The Kier molecular flexibility index (Phi) is 165. The lowest BCUT2D eigenvalue weighted by Crippen LogP contribution is -2.17. The molecule has 0 saturated heterocycles. The Morgan fingerprint density at radius 1 is 0.436 bits per heavy atom. The number of nitrogens with one attached hydrogen (secondary N) is 4. The van der Waals surface area contributed by atoms with Crippen molar-refractivity contribution < 1.29 is 95.2 Å². The number of thiocarbonyl (C=S) groups is 5. The molecule has 0 aliphatic carbocycles. The van der Waals surface area contributed by atoms with Crippen LogP contribution >= 0.6 is 280 Å². The van der Waals surface area contributed by atoms with Gasteiger partial charge in [-0.05, 0) is 218 Å². The van der Waals surface area contributed by atoms with Gasteiger partial charge in [0.15, 0.2) is 25.2 Å². The molecular weight excluding hydrogens is 2000 g/mol. The number of ketones is 1. The lowest BCUT2D eigenvalue weighted by Gasteiger charge is -2.08. The lowest BCUT2D eigenvalue weighted by molar-refractivity contribution is -0.147. The first-order valence-corrected chi connectivity index (χ1v) is 61.8. The first-order valence-electron chi connectivity index (χ1n) is 27.3. The van der Waals surface area contributed by atoms with Crippen molar-refractivity contribution >= 4 is 395 Å². The van der Waals surface area contributed by atoms with Gasteiger partial charge in [0.25, 0.3) is 38.8 Å². The number of rotatable bonds is 11. The van der Waals surface area contributed by atoms with Gasteiger partial charge in [-0.15, -0.1) is 58.8 Å². The highest BCUT2D eigenvalue weighted by molar-refractivity contribution is 8.71. The molecule has 0 rings (SSSR count). The predicted molar refractivity (Wildman–Crippen MR) is 545 cm³/mol. The molecule has 110 heavy (non-hydrogen) atoms. The lowest BCUT2D eigenvalue weighted by atomic mass is 10.5. The average molecular weight is 2120 g/mol. The highest BCUT2D eigenvalue weighted by Crippen LogP contribution is 2.11. The molecule has 666 valence electrons. The average Bonchev–Trinajstić information content (AvgIpc) is 0.944. The number of hydrogen-bond acceptors (Lipinski definition) is 45. The van der Waals surface area contributed by atoms with Crippen molar-refractivity contribution in [3.63, 3.8) is 0 Å². The minimum atomic E-state index is -3.24. The Morgan fingerprint density at radius 2 is 0.845 bits per heavy atom. The van der Waals surface area contributed by atoms with E-state index in [0.717, 1.165) is 80.3 Å². The highest BCUT2D eigenvalue weighted by atomic mass is 33.2. The summed E-state index contributed by atoms with van der Waals surface area (Å²) in [7, 11) is 19.6. The van der Waals surface area contributed by atoms with Crippen molar-refractivity contribution in [1.82, 2.24) is 38.5 Å². The Hall–Kier alpha value is 2.68. The van der Waals surface area contributed by atoms with Crippen molar-refractivity contribution in [2.45, 2.75) is 20.8 Å². The van der Waals surface area contributed by atoms with Gasteiger partial charge in [0.2, 0.25) is 14.6 Å². The van der Waals surface area contributed by atoms with Crippen LogP contribution in [0.4, 0.5) is 19.2 Å². The zero-order chi connectivity index (χ0) is 92.1. The molecule has 2 amide bonds. The Labute approximate surface area is 771 Å². The standard InChI is InChI=1S/C4H9NOS.C4H9NS2.C4H6O3S.C4H6O2S.C3H9NO2S2.C3H9NOS2.C3H7NOS.C3H7NS2.C3H6O2S.2C3H6OS2.C3H6OS.C3H6S3.C3H6S2.C2H7NO2S2.C2H7NOS2.C2H6O3S2/c2*1-5(2)4(6)7-3;1-7-3(5)4(6)8-2;1-3(5)4(6)7-2;1-4(2)8(5,6)7-3;1-4(2)7(5)6-3;2*1-4-3(5)6-2;2*1-5-3(4)6-2;1-4-3(5)6-2;1-3(4)5-2;1-5-3(4)6-2;1-3(4)5-2;1-3-7(4,5)6-2;1-3-6(4)5-2;1-5-7(3,4)6-2/h2*1-3H3;1-2H3;1-2H3;1-3H3;1-3H3;2*1-2H3,(H,4,5);3*1-2H3;1-2H3;1-2H3;1-2H3;3H,1-2H3;3H,1-2H3;1-2H3. The number of Topliss-reactive ketones (excluding diaryl/α,β-unsaturated/α-hetero) is 1. The van der Waals surface area contributed by atoms with Crippen molar-refractivity contribution in [3.8, 4) is 0 Å². The van der Waals surface area contributed by atoms with Crippen molar-refractivity contribution in [2.24, 2.45) is 0 Å². The van der Waals surface area contributed by atoms with Gasteiger partial charge in [-0.1, -0.05) is 143 Å². The third kappa shape index (κ3) is 173. The first-order chi connectivity index (χ1) is 50.4. The SMILES string of the molecule is CNC(=O)SC.CNC(=S)SC.CNS(=O)(=O)SC.CNS(=O)SC.COC(=O)C(=O)SC.COC(=O)SC.COC(=S)SC.COS(=O)(=O)SC.CSC(=O)C(C)=O.CSC(=O)N(C)C.CSC(=O)SC.CSC(=S)N(C)C.CSC(=S)SC.CSC(C)=O.CSC(C)=S.CSS(=O)(=O)N(C)C.CSS(=O)N(C)C. The normalized spacial score (nSPS) is 9.60. The van der Waals surface area contributed by atoms with E-state index in [1.165, 1.54) is 164 Å². The molecule has 2 atom stereocenters. The first kappa shape index (κ1) is 154. The number of carbonyl (C=O) groups excluding carboxylic acids is 9. The molecule has 0 heterocycles. The van der Waals surface area contributed by atoms with Gasteiger partial charge in [-0.2, -0.15) is 12.7 Å². The number of amides is 2. The molecule has 0 radical (unpaired) electrons. The van der Waals surface area contributed by atoms with E-state index in [9.17, 15) is 76.8 Å². The minimum Gasteiger partial charge on any atom is -0.482 e. The number of thioether (sulfide) groups is 14. The van der Waals surface area contributed by atoms with Gasteiger partial charge >= 0.3 is 20.4 Å². The largest absolute Gasteiger partial charge is 0.482 e. The molecule has 0 spiro atoms. The van der Waals surface area contributed by atoms with Crippen LogP contribution in [-0.4, -0.2) is 352 Å². The Morgan fingerprint density at radius 3 is 0.855 bits per heavy atom. The molecule has 0 aromatic heterocycles. The molecule has 0 bridgehead atoms. The fourth-order valence-electron chi connectivity index (χ4n) is 1.75. The van der Waals surface area contributed by atoms with Crippen LogP contribution in [0.1, 0.15) is 20.8 Å². The summed E-state index contributed by atoms with van der Waals surface area (Å²) in [5, 5.41) is 4.35. The third-order valence-electron chi connectivity index (χ3n) is 7.07. The van der Waals surface area contributed by atoms with E-state index < -0.39 is 58.4 Å². The second-order valence-electron chi connectivity index (χ2n) is 15.0. The summed E-state index contributed by atoms with van der Waals surface area (Å²) >= 11 is 42.0. The monoisotopic (exact) mass is 2120 g/mol. The summed E-state index contributed by atoms with van der Waals surface area (Å²) in [6.07, 6.45) is 33.4. The molecular formula is C52H118N8O21S29. The zero-order valence-corrected chi connectivity index (χ0v) is 92.9. The summed E-state index contributed by atoms with van der Waals surface area (Å²) < 4.78 is 111. The maximum absolute atomic E-state index is 10.6. The maximum atomic E-state index is 10.6. The Balaban J connectivity index is -0.0000000558. The molecule has 0 aliphatic heterocycles. The van der Waals surface area contributed by atoms with Gasteiger partial charge in [0.1, 0.15) is 12.2 Å². The summed E-state index contributed by atoms with van der Waals surface area (Å²) in [6, 6.07) is 0. The fourth-order valence-corrected chi connectivity index (χ4v) is 9.35. The number of nitrogens with zero attached hydrogens (tertiary/aromatic N) is 4. The minimum absolute atomic E-state index is 0.00926. The van der Waals surface area contributed by atoms with Gasteiger partial charge in [0, 0.05) is 88.5 Å². The molecule has 0 aliphatic rings. The summed E-state index contributed by atoms with van der Waals surface area (Å²) in [6.45, 7) is 4.73. The summed E-state index contributed by atoms with van der Waals surface area (Å²) in [5.74, 6) is -1.18. The summed E-state index contributed by atoms with van der Waals surface area (Å²) in [4.78, 5) is 94.2. The van der Waals surface area contributed by atoms with Crippen LogP contribution in [0.2, 0.25) is 0 Å². The van der Waals surface area contributed by atoms with Gasteiger partial charge in [0.05, 0.1) is 28.4 Å². The van der Waals surface area contributed by atoms with E-state index in [0.29, 0.717) is 15.2 Å². The highest BCUT2D eigenvalue weighted by Gasteiger charge is 2.11. The van der Waals surface area contributed by atoms with Crippen LogP contribution in [0.3, 0.4) is 0 Å². The zero-order valence-electron chi connectivity index (χ0n) is 69.2. The van der Waals surface area contributed by atoms with Crippen LogP contribution in [0.25, 0.3) is 0 Å². The van der Waals surface area contributed by atoms with Gasteiger partial charge in [-0.25, -0.2) is 48.6 Å². The van der Waals surface area contributed by atoms with Crippen LogP contribution in [0.15, 0.2) is 0 Å². The molecule has 0 fully saturated rings. The van der Waals surface area contributed by atoms with E-state index in [1.807, 2.05) is 76.8 Å². The smallest absolute Gasteiger partial charge is 0.385 e. The molecule has 0 aromatic rings. The number of hydrogen-bond donors (Lipinski definition) is 4. The fraction of sp³-hybridized carbons (Fsp3) is 0.731. The van der Waals surface area contributed by atoms with Gasteiger partial charge in [-0.3, -0.25) is 37.7 Å². The molecule has 0 saturated carbocycles. The second kappa shape index (κ2) is 118. The van der Waals surface area contributed by atoms with Crippen molar-refractivity contribution in [1.29, 1.82) is 0 Å². The molecule has 58 heteroatoms. The van der Waals surface area contributed by atoms with E-state index in [1.54, 1.807) is 174 Å². The quantitative estimate of drug-likeness (QED) is 0.0646. The van der Waals surface area contributed by atoms with E-state index in [2.05, 4.69) is 62.9 Å². The van der Waals surface area contributed by atoms with Crippen LogP contribution < -0.4 is 20.1 Å². The maximum Gasteiger partial charge on any atom is 0.385 e. The van der Waals surface area contributed by atoms with Crippen LogP contribution in [-0.2, 0) is 89.7 Å². The number of esters is 1. The second-order valence-corrected chi connectivity index (χ2v) is 49.0. The number of carbonyl (C=O) groups is 9. The Bertz CT molecular complexity index is 2410. The van der Waals surface area contributed by atoms with E-state index in [-0.39, 0.29) is 36.2 Å². The van der Waals surface area contributed by atoms with Crippen molar-refractivity contribution in [3.05, 3.63) is 0 Å². The number of methoxy groups -OCH3 is 3.